The maximum Gasteiger partial charge on any atom is 0.243 e. The van der Waals surface area contributed by atoms with Crippen LogP contribution in [0.5, 0.6) is 0 Å². The molecular weight excluding hydrogens is 392 g/mol. The van der Waals surface area contributed by atoms with Gasteiger partial charge in [-0.3, -0.25) is 4.79 Å². The number of fused-ring (bicyclic) bond motifs is 1. The minimum absolute atomic E-state index is 0.170. The minimum Gasteiger partial charge on any atom is -0.324 e. The predicted octanol–water partition coefficient (Wildman–Crippen LogP) is 4.21. The molecule has 5 nitrogen and oxygen atoms in total. The maximum atomic E-state index is 12.9. The van der Waals surface area contributed by atoms with Gasteiger partial charge in [-0.2, -0.15) is 4.31 Å². The topological polar surface area (TPSA) is 66.5 Å². The van der Waals surface area contributed by atoms with Gasteiger partial charge in [0.25, 0.3) is 0 Å². The molecule has 0 aromatic heterocycles. The predicted molar refractivity (Wildman–Crippen MR) is 115 cm³/mol. The lowest BCUT2D eigenvalue weighted by atomic mass is 10.1. The van der Waals surface area contributed by atoms with Crippen molar-refractivity contribution in [1.29, 1.82) is 0 Å². The second kappa shape index (κ2) is 8.77. The summed E-state index contributed by atoms with van der Waals surface area (Å²) in [6.07, 6.45) is 0. The molecule has 3 aromatic rings. The molecular formula is C21H22N2O3S2. The number of hydrogen-bond acceptors (Lipinski definition) is 4. The van der Waals surface area contributed by atoms with E-state index in [1.54, 1.807) is 30.0 Å². The number of hydrogen-bond donors (Lipinski definition) is 1. The first-order valence-corrected chi connectivity index (χ1v) is 11.3. The molecule has 0 bridgehead atoms. The van der Waals surface area contributed by atoms with Crippen molar-refractivity contribution in [3.8, 4) is 0 Å². The average Bonchev–Trinajstić information content (AvgIpc) is 2.69. The minimum atomic E-state index is -3.77. The van der Waals surface area contributed by atoms with E-state index in [0.29, 0.717) is 5.69 Å². The summed E-state index contributed by atoms with van der Waals surface area (Å²) in [4.78, 5) is 13.6. The van der Waals surface area contributed by atoms with Gasteiger partial charge in [0.05, 0.1) is 17.1 Å². The van der Waals surface area contributed by atoms with Crippen LogP contribution >= 0.6 is 11.8 Å². The fraction of sp³-hybridized carbons (Fsp3) is 0.190. The molecule has 0 saturated heterocycles. The molecule has 0 heterocycles. The fourth-order valence-corrected chi connectivity index (χ4v) is 4.76. The third-order valence-corrected chi connectivity index (χ3v) is 7.01. The number of anilines is 1. The van der Waals surface area contributed by atoms with Crippen LogP contribution in [0.4, 0.5) is 5.69 Å². The number of likely N-dealkylation sites (N-methyl/N-ethyl adjacent to an activating group) is 1. The van der Waals surface area contributed by atoms with Gasteiger partial charge < -0.3 is 5.32 Å². The largest absolute Gasteiger partial charge is 0.324 e. The van der Waals surface area contributed by atoms with Gasteiger partial charge >= 0.3 is 0 Å². The second-order valence-corrected chi connectivity index (χ2v) is 9.60. The van der Waals surface area contributed by atoms with Gasteiger partial charge in [-0.25, -0.2) is 8.42 Å². The summed E-state index contributed by atoms with van der Waals surface area (Å²) in [7, 11) is -2.36. The van der Waals surface area contributed by atoms with E-state index in [4.69, 9.17) is 0 Å². The summed E-state index contributed by atoms with van der Waals surface area (Å²) in [5.41, 5.74) is 0.691. The van der Waals surface area contributed by atoms with E-state index in [9.17, 15) is 13.2 Å². The smallest absolute Gasteiger partial charge is 0.243 e. The molecule has 7 heteroatoms. The van der Waals surface area contributed by atoms with Crippen LogP contribution in [-0.4, -0.2) is 38.0 Å². The quantitative estimate of drug-likeness (QED) is 0.588. The third-order valence-electron chi connectivity index (χ3n) is 4.26. The molecule has 28 heavy (non-hydrogen) atoms. The van der Waals surface area contributed by atoms with Gasteiger partial charge in [-0.1, -0.05) is 49.4 Å². The van der Waals surface area contributed by atoms with Crippen LogP contribution in [0.15, 0.2) is 76.5 Å². The summed E-state index contributed by atoms with van der Waals surface area (Å²) >= 11 is 1.62. The maximum absolute atomic E-state index is 12.9. The highest BCUT2D eigenvalue weighted by atomic mass is 32.2. The molecule has 0 fully saturated rings. The van der Waals surface area contributed by atoms with E-state index in [2.05, 4.69) is 5.32 Å². The van der Waals surface area contributed by atoms with Crippen molar-refractivity contribution >= 4 is 44.2 Å². The molecule has 0 aliphatic rings. The van der Waals surface area contributed by atoms with E-state index < -0.39 is 10.0 Å². The average molecular weight is 415 g/mol. The Balaban J connectivity index is 1.75. The van der Waals surface area contributed by atoms with Crippen molar-refractivity contribution in [3.05, 3.63) is 66.7 Å². The Morgan fingerprint density at radius 3 is 2.43 bits per heavy atom. The summed E-state index contributed by atoms with van der Waals surface area (Å²) in [6.45, 7) is 1.77. The van der Waals surface area contributed by atoms with Crippen LogP contribution in [-0.2, 0) is 14.8 Å². The molecule has 0 aliphatic heterocycles. The van der Waals surface area contributed by atoms with Gasteiger partial charge in [-0.15, -0.1) is 11.8 Å². The number of carbonyl (C=O) groups excluding carboxylic acids is 1. The van der Waals surface area contributed by atoms with Crippen molar-refractivity contribution in [3.63, 3.8) is 0 Å². The molecule has 0 radical (unpaired) electrons. The molecule has 146 valence electrons. The first-order valence-electron chi connectivity index (χ1n) is 8.88. The molecule has 0 saturated carbocycles. The number of para-hydroxylation sites is 1. The highest BCUT2D eigenvalue weighted by Crippen LogP contribution is 2.27. The zero-order chi connectivity index (χ0) is 20.1. The Kier molecular flexibility index (Phi) is 6.39. The van der Waals surface area contributed by atoms with Gasteiger partial charge in [0.1, 0.15) is 0 Å². The van der Waals surface area contributed by atoms with E-state index in [0.717, 1.165) is 25.7 Å². The Morgan fingerprint density at radius 1 is 1.00 bits per heavy atom. The SMILES string of the molecule is CCSc1ccccc1NC(=O)CN(C)S(=O)(=O)c1ccc2ccccc2c1. The normalized spacial score (nSPS) is 11.7. The van der Waals surface area contributed by atoms with Crippen molar-refractivity contribution < 1.29 is 13.2 Å². The van der Waals surface area contributed by atoms with E-state index in [1.807, 2.05) is 55.5 Å². The number of amides is 1. The number of thioether (sulfide) groups is 1. The van der Waals surface area contributed by atoms with E-state index in [1.165, 1.54) is 7.05 Å². The van der Waals surface area contributed by atoms with Crippen LogP contribution in [0.1, 0.15) is 6.92 Å². The number of nitrogens with zero attached hydrogens (tertiary/aromatic N) is 1. The Labute approximate surface area is 169 Å². The van der Waals surface area contributed by atoms with Gasteiger partial charge in [0.15, 0.2) is 0 Å². The van der Waals surface area contributed by atoms with Crippen molar-refractivity contribution in [2.45, 2.75) is 16.7 Å². The summed E-state index contributed by atoms with van der Waals surface area (Å²) in [5, 5.41) is 4.62. The summed E-state index contributed by atoms with van der Waals surface area (Å²) in [6, 6.07) is 20.0. The van der Waals surface area contributed by atoms with Crippen LogP contribution in [0.3, 0.4) is 0 Å². The Bertz CT molecular complexity index is 1100. The number of rotatable bonds is 7. The standard InChI is InChI=1S/C21H22N2O3S2/c1-3-27-20-11-7-6-10-19(20)22-21(24)15-23(2)28(25,26)18-13-12-16-8-4-5-9-17(16)14-18/h4-14H,3,15H2,1-2H3,(H,22,24). The van der Waals surface area contributed by atoms with Crippen LogP contribution < -0.4 is 5.32 Å². The lowest BCUT2D eigenvalue weighted by Crippen LogP contribution is -2.35. The first kappa shape index (κ1) is 20.4. The molecule has 0 spiro atoms. The van der Waals surface area contributed by atoms with Gasteiger partial charge in [-0.05, 0) is 40.8 Å². The van der Waals surface area contributed by atoms with Gasteiger partial charge in [0, 0.05) is 11.9 Å². The molecule has 0 atom stereocenters. The van der Waals surface area contributed by atoms with Crippen molar-refractivity contribution in [2.75, 3.05) is 24.7 Å². The zero-order valence-electron chi connectivity index (χ0n) is 15.8. The highest BCUT2D eigenvalue weighted by molar-refractivity contribution is 7.99. The highest BCUT2D eigenvalue weighted by Gasteiger charge is 2.23. The molecule has 1 amide bonds. The molecule has 1 N–H and O–H groups in total. The van der Waals surface area contributed by atoms with Gasteiger partial charge in [0.2, 0.25) is 15.9 Å². The Hall–Kier alpha value is -2.35. The zero-order valence-corrected chi connectivity index (χ0v) is 17.4. The third kappa shape index (κ3) is 4.55. The molecule has 0 unspecified atom stereocenters. The fourth-order valence-electron chi connectivity index (χ4n) is 2.84. The van der Waals surface area contributed by atoms with Crippen molar-refractivity contribution in [1.82, 2.24) is 4.31 Å². The number of sulfonamides is 1. The lowest BCUT2D eigenvalue weighted by Gasteiger charge is -2.18. The molecule has 3 aromatic carbocycles. The summed E-state index contributed by atoms with van der Waals surface area (Å²) < 4.78 is 26.8. The summed E-state index contributed by atoms with van der Waals surface area (Å²) in [5.74, 6) is 0.499. The molecule has 3 rings (SSSR count). The lowest BCUT2D eigenvalue weighted by molar-refractivity contribution is -0.116. The first-order chi connectivity index (χ1) is 13.4. The van der Waals surface area contributed by atoms with E-state index >= 15 is 0 Å². The van der Waals surface area contributed by atoms with Crippen LogP contribution in [0, 0.1) is 0 Å². The number of nitrogens with one attached hydrogen (secondary N) is 1. The van der Waals surface area contributed by atoms with Crippen LogP contribution in [0.25, 0.3) is 10.8 Å². The Morgan fingerprint density at radius 2 is 1.68 bits per heavy atom. The van der Waals surface area contributed by atoms with E-state index in [-0.39, 0.29) is 17.3 Å². The molecule has 0 aliphatic carbocycles. The second-order valence-electron chi connectivity index (χ2n) is 6.25. The monoisotopic (exact) mass is 414 g/mol. The number of benzene rings is 3. The van der Waals surface area contributed by atoms with Crippen LogP contribution in [0.2, 0.25) is 0 Å². The number of carbonyl (C=O) groups is 1. The van der Waals surface area contributed by atoms with Crippen molar-refractivity contribution in [2.24, 2.45) is 0 Å².